The van der Waals surface area contributed by atoms with E-state index in [0.717, 1.165) is 6.42 Å². The summed E-state index contributed by atoms with van der Waals surface area (Å²) < 4.78 is 0. The highest BCUT2D eigenvalue weighted by molar-refractivity contribution is 4.91. The molecule has 1 nitrogen and oxygen atoms in total. The molecule has 1 aliphatic carbocycles. The third kappa shape index (κ3) is 1.33. The predicted octanol–water partition coefficient (Wildman–Crippen LogP) is 1.55. The first kappa shape index (κ1) is 6.81. The molecule has 0 heterocycles. The normalized spacial score (nSPS) is 43.1. The molecule has 9 heavy (non-hydrogen) atoms. The van der Waals surface area contributed by atoms with Gasteiger partial charge in [0.1, 0.15) is 0 Å². The molecule has 52 valence electrons. The molecule has 1 saturated carbocycles. The molecule has 0 amide bonds. The van der Waals surface area contributed by atoms with Crippen LogP contribution in [-0.2, 0) is 0 Å². The van der Waals surface area contributed by atoms with Crippen molar-refractivity contribution in [2.75, 3.05) is 0 Å². The minimum atomic E-state index is 0.424. The quantitative estimate of drug-likeness (QED) is 0.529. The highest BCUT2D eigenvalue weighted by Crippen LogP contribution is 2.29. The fourth-order valence-corrected chi connectivity index (χ4v) is 1.52. The average molecular weight is 125 g/mol. The van der Waals surface area contributed by atoms with E-state index in [9.17, 15) is 0 Å². The van der Waals surface area contributed by atoms with Gasteiger partial charge in [-0.25, -0.2) is 0 Å². The van der Waals surface area contributed by atoms with Crippen LogP contribution in [0, 0.1) is 11.8 Å². The summed E-state index contributed by atoms with van der Waals surface area (Å²) in [5.74, 6) is 1.39. The molecule has 0 aliphatic heterocycles. The molecule has 1 fully saturated rings. The molecular weight excluding hydrogens is 110 g/mol. The standard InChI is InChI=1S/C8H15N/c1-3-7-4-6(2)8(9)5-7/h3,6-8H,1,4-5,9H2,2H3/t6?,7?,8-/m0/s1. The first-order valence-corrected chi connectivity index (χ1v) is 3.62. The summed E-state index contributed by atoms with van der Waals surface area (Å²) in [4.78, 5) is 0. The van der Waals surface area contributed by atoms with Gasteiger partial charge in [-0.1, -0.05) is 13.0 Å². The van der Waals surface area contributed by atoms with Crippen molar-refractivity contribution in [1.29, 1.82) is 0 Å². The maximum atomic E-state index is 5.80. The van der Waals surface area contributed by atoms with Gasteiger partial charge in [-0.3, -0.25) is 0 Å². The number of allylic oxidation sites excluding steroid dienone is 1. The van der Waals surface area contributed by atoms with E-state index in [-0.39, 0.29) is 0 Å². The first-order chi connectivity index (χ1) is 4.24. The summed E-state index contributed by atoms with van der Waals surface area (Å²) in [6, 6.07) is 0.424. The van der Waals surface area contributed by atoms with Crippen molar-refractivity contribution < 1.29 is 0 Å². The molecule has 0 aromatic rings. The molecule has 1 rings (SSSR count). The lowest BCUT2D eigenvalue weighted by Gasteiger charge is -2.05. The van der Waals surface area contributed by atoms with E-state index in [1.807, 2.05) is 6.08 Å². The van der Waals surface area contributed by atoms with Crippen LogP contribution >= 0.6 is 0 Å². The van der Waals surface area contributed by atoms with Crippen LogP contribution < -0.4 is 5.73 Å². The van der Waals surface area contributed by atoms with Gasteiger partial charge in [0.05, 0.1) is 0 Å². The van der Waals surface area contributed by atoms with E-state index in [0.29, 0.717) is 17.9 Å². The second-order valence-electron chi connectivity index (χ2n) is 3.11. The van der Waals surface area contributed by atoms with Crippen LogP contribution in [0.25, 0.3) is 0 Å². The zero-order valence-corrected chi connectivity index (χ0v) is 6.01. The Bertz CT molecular complexity index is 99.1. The lowest BCUT2D eigenvalue weighted by atomic mass is 10.1. The van der Waals surface area contributed by atoms with Crippen LogP contribution in [0.2, 0.25) is 0 Å². The monoisotopic (exact) mass is 125 g/mol. The molecule has 1 heteroatoms. The molecule has 0 aromatic heterocycles. The van der Waals surface area contributed by atoms with E-state index in [1.54, 1.807) is 0 Å². The van der Waals surface area contributed by atoms with Gasteiger partial charge in [0.25, 0.3) is 0 Å². The minimum absolute atomic E-state index is 0.424. The molecule has 1 aliphatic rings. The Morgan fingerprint density at radius 1 is 1.56 bits per heavy atom. The molecule has 0 bridgehead atoms. The van der Waals surface area contributed by atoms with Crippen molar-refractivity contribution in [2.24, 2.45) is 17.6 Å². The number of hydrogen-bond donors (Lipinski definition) is 1. The zero-order chi connectivity index (χ0) is 6.85. The van der Waals surface area contributed by atoms with Gasteiger partial charge >= 0.3 is 0 Å². The Balaban J connectivity index is 2.43. The van der Waals surface area contributed by atoms with Crippen LogP contribution in [0.3, 0.4) is 0 Å². The SMILES string of the molecule is C=CC1CC(C)[C@@H](N)C1. The molecule has 3 atom stereocenters. The number of nitrogens with two attached hydrogens (primary N) is 1. The molecule has 0 radical (unpaired) electrons. The largest absolute Gasteiger partial charge is 0.327 e. The minimum Gasteiger partial charge on any atom is -0.327 e. The smallest absolute Gasteiger partial charge is 0.00703 e. The predicted molar refractivity (Wildman–Crippen MR) is 40.1 cm³/mol. The number of rotatable bonds is 1. The van der Waals surface area contributed by atoms with Crippen LogP contribution in [0.5, 0.6) is 0 Å². The van der Waals surface area contributed by atoms with E-state index in [1.165, 1.54) is 6.42 Å². The van der Waals surface area contributed by atoms with E-state index in [4.69, 9.17) is 5.73 Å². The fraction of sp³-hybridized carbons (Fsp3) is 0.750. The van der Waals surface area contributed by atoms with Crippen molar-refractivity contribution in [1.82, 2.24) is 0 Å². The Morgan fingerprint density at radius 2 is 2.22 bits per heavy atom. The van der Waals surface area contributed by atoms with Crippen LogP contribution in [0.15, 0.2) is 12.7 Å². The zero-order valence-electron chi connectivity index (χ0n) is 6.01. The van der Waals surface area contributed by atoms with Crippen molar-refractivity contribution in [3.8, 4) is 0 Å². The van der Waals surface area contributed by atoms with Crippen molar-refractivity contribution in [3.63, 3.8) is 0 Å². The van der Waals surface area contributed by atoms with Crippen LogP contribution in [0.1, 0.15) is 19.8 Å². The second kappa shape index (κ2) is 2.53. The van der Waals surface area contributed by atoms with Crippen molar-refractivity contribution in [3.05, 3.63) is 12.7 Å². The first-order valence-electron chi connectivity index (χ1n) is 3.62. The van der Waals surface area contributed by atoms with Gasteiger partial charge in [0.2, 0.25) is 0 Å². The van der Waals surface area contributed by atoms with Crippen molar-refractivity contribution >= 4 is 0 Å². The summed E-state index contributed by atoms with van der Waals surface area (Å²) in [6.45, 7) is 5.97. The third-order valence-electron chi connectivity index (χ3n) is 2.31. The summed E-state index contributed by atoms with van der Waals surface area (Å²) in [6.07, 6.45) is 4.42. The lowest BCUT2D eigenvalue weighted by Crippen LogP contribution is -2.21. The highest BCUT2D eigenvalue weighted by atomic mass is 14.7. The third-order valence-corrected chi connectivity index (χ3v) is 2.31. The Morgan fingerprint density at radius 3 is 2.44 bits per heavy atom. The molecular formula is C8H15N. The second-order valence-corrected chi connectivity index (χ2v) is 3.11. The average Bonchev–Trinajstić information content (AvgIpc) is 2.13. The van der Waals surface area contributed by atoms with E-state index in [2.05, 4.69) is 13.5 Å². The maximum Gasteiger partial charge on any atom is 0.00703 e. The summed E-state index contributed by atoms with van der Waals surface area (Å²) in [7, 11) is 0. The van der Waals surface area contributed by atoms with Gasteiger partial charge < -0.3 is 5.73 Å². The van der Waals surface area contributed by atoms with Gasteiger partial charge in [0.15, 0.2) is 0 Å². The fourth-order valence-electron chi connectivity index (χ4n) is 1.52. The van der Waals surface area contributed by atoms with Gasteiger partial charge in [-0.05, 0) is 24.7 Å². The summed E-state index contributed by atoms with van der Waals surface area (Å²) in [5, 5.41) is 0. The van der Waals surface area contributed by atoms with E-state index < -0.39 is 0 Å². The van der Waals surface area contributed by atoms with Crippen LogP contribution in [0.4, 0.5) is 0 Å². The van der Waals surface area contributed by atoms with Crippen molar-refractivity contribution in [2.45, 2.75) is 25.8 Å². The van der Waals surface area contributed by atoms with Gasteiger partial charge in [-0.15, -0.1) is 6.58 Å². The Labute approximate surface area is 56.9 Å². The topological polar surface area (TPSA) is 26.0 Å². The van der Waals surface area contributed by atoms with Gasteiger partial charge in [0, 0.05) is 6.04 Å². The Kier molecular flexibility index (Phi) is 1.91. The lowest BCUT2D eigenvalue weighted by molar-refractivity contribution is 0.525. The maximum absolute atomic E-state index is 5.80. The highest BCUT2D eigenvalue weighted by Gasteiger charge is 2.25. The molecule has 0 spiro atoms. The van der Waals surface area contributed by atoms with Crippen LogP contribution in [-0.4, -0.2) is 6.04 Å². The molecule has 2 N–H and O–H groups in total. The number of hydrogen-bond acceptors (Lipinski definition) is 1. The molecule has 0 aromatic carbocycles. The summed E-state index contributed by atoms with van der Waals surface area (Å²) >= 11 is 0. The molecule has 0 saturated heterocycles. The Hall–Kier alpha value is -0.300. The van der Waals surface area contributed by atoms with E-state index >= 15 is 0 Å². The summed E-state index contributed by atoms with van der Waals surface area (Å²) in [5.41, 5.74) is 5.80. The molecule has 2 unspecified atom stereocenters. The van der Waals surface area contributed by atoms with Gasteiger partial charge in [-0.2, -0.15) is 0 Å².